The maximum absolute atomic E-state index is 8.45. The lowest BCUT2D eigenvalue weighted by molar-refractivity contribution is 0.306. The standard InChI is InChI=1S/C13H18N2O2/c1-15-10-11-5-6-12(16-2)9-13(11)17-8-4-3-7-14/h5-6,9,15H,3-4,8,10H2,1-2H3. The summed E-state index contributed by atoms with van der Waals surface area (Å²) in [6, 6.07) is 7.87. The molecule has 0 saturated heterocycles. The van der Waals surface area contributed by atoms with Crippen LogP contribution in [0.5, 0.6) is 11.5 Å². The summed E-state index contributed by atoms with van der Waals surface area (Å²) in [4.78, 5) is 0. The molecule has 0 aliphatic heterocycles. The van der Waals surface area contributed by atoms with Gasteiger partial charge < -0.3 is 14.8 Å². The van der Waals surface area contributed by atoms with Crippen LogP contribution in [0.3, 0.4) is 0 Å². The van der Waals surface area contributed by atoms with E-state index in [2.05, 4.69) is 11.4 Å². The fourth-order valence-electron chi connectivity index (χ4n) is 1.47. The molecule has 1 rings (SSSR count). The molecule has 4 heteroatoms. The number of nitriles is 1. The topological polar surface area (TPSA) is 54.3 Å². The molecule has 0 amide bonds. The first-order chi connectivity index (χ1) is 8.31. The van der Waals surface area contributed by atoms with Crippen LogP contribution >= 0.6 is 0 Å². The highest BCUT2D eigenvalue weighted by atomic mass is 16.5. The molecule has 0 spiro atoms. The normalized spacial score (nSPS) is 9.71. The number of hydrogen-bond donors (Lipinski definition) is 1. The predicted octanol–water partition coefficient (Wildman–Crippen LogP) is 2.10. The maximum Gasteiger partial charge on any atom is 0.127 e. The monoisotopic (exact) mass is 234 g/mol. The number of nitrogens with zero attached hydrogens (tertiary/aromatic N) is 1. The average molecular weight is 234 g/mol. The molecule has 0 saturated carbocycles. The van der Waals surface area contributed by atoms with Gasteiger partial charge in [-0.1, -0.05) is 6.07 Å². The third-order valence-electron chi connectivity index (χ3n) is 2.33. The summed E-state index contributed by atoms with van der Waals surface area (Å²) in [5.74, 6) is 1.59. The molecule has 0 heterocycles. The molecule has 0 atom stereocenters. The van der Waals surface area contributed by atoms with E-state index in [0.29, 0.717) is 13.0 Å². The average Bonchev–Trinajstić information content (AvgIpc) is 2.36. The van der Waals surface area contributed by atoms with Crippen molar-refractivity contribution < 1.29 is 9.47 Å². The summed E-state index contributed by atoms with van der Waals surface area (Å²) in [7, 11) is 3.52. The highest BCUT2D eigenvalue weighted by Gasteiger charge is 2.05. The zero-order chi connectivity index (χ0) is 12.5. The van der Waals surface area contributed by atoms with Crippen LogP contribution in [0.15, 0.2) is 18.2 Å². The van der Waals surface area contributed by atoms with E-state index >= 15 is 0 Å². The van der Waals surface area contributed by atoms with E-state index < -0.39 is 0 Å². The molecular formula is C13H18N2O2. The van der Waals surface area contributed by atoms with Crippen LogP contribution in [0.2, 0.25) is 0 Å². The number of hydrogen-bond acceptors (Lipinski definition) is 4. The second kappa shape index (κ2) is 7.53. The number of unbranched alkanes of at least 4 members (excludes halogenated alkanes) is 1. The SMILES string of the molecule is CNCc1ccc(OC)cc1OCCCC#N. The molecule has 1 N–H and O–H groups in total. The Morgan fingerprint density at radius 2 is 2.24 bits per heavy atom. The lowest BCUT2D eigenvalue weighted by atomic mass is 10.2. The minimum atomic E-state index is 0.519. The molecule has 0 fully saturated rings. The molecule has 0 aliphatic carbocycles. The maximum atomic E-state index is 8.45. The van der Waals surface area contributed by atoms with Crippen molar-refractivity contribution in [1.82, 2.24) is 5.32 Å². The second-order valence-electron chi connectivity index (χ2n) is 3.61. The second-order valence-corrected chi connectivity index (χ2v) is 3.61. The van der Waals surface area contributed by atoms with Gasteiger partial charge in [0.15, 0.2) is 0 Å². The highest BCUT2D eigenvalue weighted by Crippen LogP contribution is 2.25. The van der Waals surface area contributed by atoms with Crippen molar-refractivity contribution in [1.29, 1.82) is 5.26 Å². The molecule has 0 aliphatic rings. The Bertz CT molecular complexity index is 385. The first kappa shape index (κ1) is 13.3. The van der Waals surface area contributed by atoms with Crippen molar-refractivity contribution in [2.45, 2.75) is 19.4 Å². The quantitative estimate of drug-likeness (QED) is 0.734. The van der Waals surface area contributed by atoms with Crippen LogP contribution in [-0.4, -0.2) is 20.8 Å². The fourth-order valence-corrected chi connectivity index (χ4v) is 1.47. The van der Waals surface area contributed by atoms with Crippen LogP contribution in [-0.2, 0) is 6.54 Å². The summed E-state index contributed by atoms with van der Waals surface area (Å²) in [6.07, 6.45) is 1.26. The van der Waals surface area contributed by atoms with Gasteiger partial charge in [-0.2, -0.15) is 5.26 Å². The Kier molecular flexibility index (Phi) is 5.91. The number of nitrogens with one attached hydrogen (secondary N) is 1. The number of benzene rings is 1. The fraction of sp³-hybridized carbons (Fsp3) is 0.462. The molecule has 0 bridgehead atoms. The summed E-state index contributed by atoms with van der Waals surface area (Å²) in [6.45, 7) is 1.30. The first-order valence-corrected chi connectivity index (χ1v) is 5.63. The predicted molar refractivity (Wildman–Crippen MR) is 66.1 cm³/mol. The zero-order valence-corrected chi connectivity index (χ0v) is 10.3. The summed E-state index contributed by atoms with van der Waals surface area (Å²) in [5.41, 5.74) is 1.09. The zero-order valence-electron chi connectivity index (χ0n) is 10.3. The van der Waals surface area contributed by atoms with Crippen molar-refractivity contribution in [3.8, 4) is 17.6 Å². The Morgan fingerprint density at radius 3 is 2.88 bits per heavy atom. The van der Waals surface area contributed by atoms with Gasteiger partial charge in [0, 0.05) is 24.6 Å². The van der Waals surface area contributed by atoms with Gasteiger partial charge in [0.25, 0.3) is 0 Å². The molecule has 17 heavy (non-hydrogen) atoms. The van der Waals surface area contributed by atoms with E-state index in [1.165, 1.54) is 0 Å². The Hall–Kier alpha value is -1.73. The Balaban J connectivity index is 2.68. The minimum Gasteiger partial charge on any atom is -0.497 e. The summed E-state index contributed by atoms with van der Waals surface area (Å²) >= 11 is 0. The molecule has 1 aromatic rings. The van der Waals surface area contributed by atoms with Crippen molar-refractivity contribution in [3.63, 3.8) is 0 Å². The Labute approximate surface area is 102 Å². The van der Waals surface area contributed by atoms with Gasteiger partial charge in [-0.15, -0.1) is 0 Å². The van der Waals surface area contributed by atoms with Crippen molar-refractivity contribution in [2.75, 3.05) is 20.8 Å². The minimum absolute atomic E-state index is 0.519. The molecular weight excluding hydrogens is 216 g/mol. The van der Waals surface area contributed by atoms with E-state index in [-0.39, 0.29) is 0 Å². The molecule has 0 unspecified atom stereocenters. The van der Waals surface area contributed by atoms with E-state index in [9.17, 15) is 0 Å². The van der Waals surface area contributed by atoms with Gasteiger partial charge >= 0.3 is 0 Å². The smallest absolute Gasteiger partial charge is 0.127 e. The van der Waals surface area contributed by atoms with Crippen LogP contribution in [0.4, 0.5) is 0 Å². The van der Waals surface area contributed by atoms with Crippen molar-refractivity contribution >= 4 is 0 Å². The lowest BCUT2D eigenvalue weighted by Crippen LogP contribution is -2.08. The highest BCUT2D eigenvalue weighted by molar-refractivity contribution is 5.40. The van der Waals surface area contributed by atoms with E-state index in [1.807, 2.05) is 25.2 Å². The van der Waals surface area contributed by atoms with Gasteiger partial charge in [-0.25, -0.2) is 0 Å². The van der Waals surface area contributed by atoms with Gasteiger partial charge in [-0.3, -0.25) is 0 Å². The number of rotatable bonds is 7. The molecule has 1 aromatic carbocycles. The Morgan fingerprint density at radius 1 is 1.41 bits per heavy atom. The van der Waals surface area contributed by atoms with Gasteiger partial charge in [0.05, 0.1) is 19.8 Å². The molecule has 0 radical (unpaired) electrons. The molecule has 4 nitrogen and oxygen atoms in total. The van der Waals surface area contributed by atoms with Crippen LogP contribution < -0.4 is 14.8 Å². The first-order valence-electron chi connectivity index (χ1n) is 5.63. The number of ether oxygens (including phenoxy) is 2. The van der Waals surface area contributed by atoms with E-state index in [1.54, 1.807) is 7.11 Å². The van der Waals surface area contributed by atoms with Crippen molar-refractivity contribution in [2.24, 2.45) is 0 Å². The van der Waals surface area contributed by atoms with E-state index in [0.717, 1.165) is 30.0 Å². The summed E-state index contributed by atoms with van der Waals surface area (Å²) < 4.78 is 10.8. The number of methoxy groups -OCH3 is 1. The van der Waals surface area contributed by atoms with Gasteiger partial charge in [-0.05, 0) is 19.5 Å². The molecule has 0 aromatic heterocycles. The van der Waals surface area contributed by atoms with Gasteiger partial charge in [0.1, 0.15) is 11.5 Å². The van der Waals surface area contributed by atoms with Crippen LogP contribution in [0.25, 0.3) is 0 Å². The molecule has 92 valence electrons. The third-order valence-corrected chi connectivity index (χ3v) is 2.33. The van der Waals surface area contributed by atoms with Crippen LogP contribution in [0.1, 0.15) is 18.4 Å². The largest absolute Gasteiger partial charge is 0.497 e. The van der Waals surface area contributed by atoms with E-state index in [4.69, 9.17) is 14.7 Å². The lowest BCUT2D eigenvalue weighted by Gasteiger charge is -2.12. The third kappa shape index (κ3) is 4.33. The summed E-state index contributed by atoms with van der Waals surface area (Å²) in [5, 5.41) is 11.5. The van der Waals surface area contributed by atoms with Gasteiger partial charge in [0.2, 0.25) is 0 Å². The van der Waals surface area contributed by atoms with Crippen molar-refractivity contribution in [3.05, 3.63) is 23.8 Å². The van der Waals surface area contributed by atoms with Crippen LogP contribution in [0, 0.1) is 11.3 Å².